The summed E-state index contributed by atoms with van der Waals surface area (Å²) in [6.45, 7) is 2.79. The molecule has 0 amide bonds. The number of hydrogen-bond acceptors (Lipinski definition) is 2. The van der Waals surface area contributed by atoms with E-state index in [1.165, 1.54) is 0 Å². The molecule has 16 heavy (non-hydrogen) atoms. The first-order chi connectivity index (χ1) is 7.61. The molecule has 2 aromatic heterocycles. The minimum atomic E-state index is 0.241. The smallest absolute Gasteiger partial charge is 0.148 e. The molecule has 0 aliphatic carbocycles. The van der Waals surface area contributed by atoms with Gasteiger partial charge in [0.1, 0.15) is 5.15 Å². The first-order valence-electron chi connectivity index (χ1n) is 4.66. The summed E-state index contributed by atoms with van der Waals surface area (Å²) in [7, 11) is 0. The van der Waals surface area contributed by atoms with Crippen LogP contribution in [0.15, 0.2) is 18.5 Å². The lowest BCUT2D eigenvalue weighted by atomic mass is 10.2. The van der Waals surface area contributed by atoms with Crippen molar-refractivity contribution in [2.75, 3.05) is 0 Å². The Labute approximate surface area is 108 Å². The van der Waals surface area contributed by atoms with E-state index >= 15 is 0 Å². The lowest BCUT2D eigenvalue weighted by molar-refractivity contribution is 0.660. The first kappa shape index (κ1) is 11.7. The molecule has 0 saturated heterocycles. The van der Waals surface area contributed by atoms with Crippen LogP contribution in [0.1, 0.15) is 6.92 Å². The lowest BCUT2D eigenvalue weighted by Gasteiger charge is -2.02. The van der Waals surface area contributed by atoms with E-state index in [0.717, 1.165) is 12.1 Å². The Morgan fingerprint density at radius 2 is 2.00 bits per heavy atom. The summed E-state index contributed by atoms with van der Waals surface area (Å²) in [5.74, 6) is 0. The van der Waals surface area contributed by atoms with Gasteiger partial charge in [-0.2, -0.15) is 5.10 Å². The first-order valence-corrected chi connectivity index (χ1v) is 5.79. The summed E-state index contributed by atoms with van der Waals surface area (Å²) >= 11 is 17.7. The highest BCUT2D eigenvalue weighted by Gasteiger charge is 2.11. The number of rotatable bonds is 2. The van der Waals surface area contributed by atoms with Crippen molar-refractivity contribution in [1.29, 1.82) is 0 Å². The number of aryl methyl sites for hydroxylation is 1. The predicted molar refractivity (Wildman–Crippen MR) is 66.2 cm³/mol. The van der Waals surface area contributed by atoms with Crippen LogP contribution < -0.4 is 0 Å². The van der Waals surface area contributed by atoms with Crippen LogP contribution in [0.2, 0.25) is 15.2 Å². The van der Waals surface area contributed by atoms with Crippen LogP contribution >= 0.6 is 34.8 Å². The number of pyridine rings is 1. The molecule has 0 spiro atoms. The van der Waals surface area contributed by atoms with Crippen LogP contribution in [0.5, 0.6) is 0 Å². The van der Waals surface area contributed by atoms with Gasteiger partial charge in [-0.1, -0.05) is 34.8 Å². The van der Waals surface area contributed by atoms with Gasteiger partial charge in [0.2, 0.25) is 0 Å². The predicted octanol–water partition coefficient (Wildman–Crippen LogP) is 3.93. The van der Waals surface area contributed by atoms with E-state index in [1.54, 1.807) is 16.9 Å². The molecule has 0 N–H and O–H groups in total. The quantitative estimate of drug-likeness (QED) is 0.778. The number of aromatic nitrogens is 3. The summed E-state index contributed by atoms with van der Waals surface area (Å²) in [5, 5.41) is 5.20. The molecular formula is C10H8Cl3N3. The summed E-state index contributed by atoms with van der Waals surface area (Å²) in [4.78, 5) is 4.14. The lowest BCUT2D eigenvalue weighted by Crippen LogP contribution is -1.92. The van der Waals surface area contributed by atoms with E-state index in [4.69, 9.17) is 34.8 Å². The molecule has 84 valence electrons. The highest BCUT2D eigenvalue weighted by molar-refractivity contribution is 6.42. The average Bonchev–Trinajstić information content (AvgIpc) is 2.71. The molecule has 0 aliphatic rings. The third-order valence-electron chi connectivity index (χ3n) is 2.12. The zero-order valence-corrected chi connectivity index (χ0v) is 10.7. The zero-order valence-electron chi connectivity index (χ0n) is 8.41. The second kappa shape index (κ2) is 4.62. The van der Waals surface area contributed by atoms with Gasteiger partial charge in [0.25, 0.3) is 0 Å². The summed E-state index contributed by atoms with van der Waals surface area (Å²) in [6, 6.07) is 1.58. The maximum atomic E-state index is 6.05. The molecule has 0 fully saturated rings. The zero-order chi connectivity index (χ0) is 11.7. The van der Waals surface area contributed by atoms with Crippen molar-refractivity contribution in [3.63, 3.8) is 0 Å². The van der Waals surface area contributed by atoms with Crippen LogP contribution in [0.25, 0.3) is 11.3 Å². The van der Waals surface area contributed by atoms with Crippen LogP contribution in [0, 0.1) is 0 Å². The largest absolute Gasteiger partial charge is 0.272 e. The highest BCUT2D eigenvalue weighted by atomic mass is 35.5. The Morgan fingerprint density at radius 3 is 2.62 bits per heavy atom. The average molecular weight is 277 g/mol. The topological polar surface area (TPSA) is 30.7 Å². The molecule has 2 rings (SSSR count). The minimum absolute atomic E-state index is 0.241. The van der Waals surface area contributed by atoms with Crippen molar-refractivity contribution >= 4 is 34.8 Å². The van der Waals surface area contributed by atoms with E-state index in [-0.39, 0.29) is 5.15 Å². The second-order valence-electron chi connectivity index (χ2n) is 3.18. The van der Waals surface area contributed by atoms with Crippen molar-refractivity contribution < 1.29 is 0 Å². The fraction of sp³-hybridized carbons (Fsp3) is 0.200. The highest BCUT2D eigenvalue weighted by Crippen LogP contribution is 2.31. The van der Waals surface area contributed by atoms with Gasteiger partial charge in [0.05, 0.1) is 21.9 Å². The molecular weight excluding hydrogens is 268 g/mol. The second-order valence-corrected chi connectivity index (χ2v) is 4.35. The standard InChI is InChI=1S/C10H8Cl3N3/c1-2-16-5-6(4-14-16)9-7(11)3-8(12)10(13)15-9/h3-5H,2H2,1H3. The van der Waals surface area contributed by atoms with Gasteiger partial charge in [-0.15, -0.1) is 0 Å². The maximum absolute atomic E-state index is 6.05. The van der Waals surface area contributed by atoms with E-state index in [0.29, 0.717) is 15.7 Å². The number of halogens is 3. The molecule has 2 aromatic rings. The van der Waals surface area contributed by atoms with Gasteiger partial charge >= 0.3 is 0 Å². The third-order valence-corrected chi connectivity index (χ3v) is 3.08. The van der Waals surface area contributed by atoms with Gasteiger partial charge < -0.3 is 0 Å². The summed E-state index contributed by atoms with van der Waals surface area (Å²) < 4.78 is 1.79. The van der Waals surface area contributed by atoms with Crippen LogP contribution in [0.4, 0.5) is 0 Å². The number of hydrogen-bond donors (Lipinski definition) is 0. The molecule has 3 nitrogen and oxygen atoms in total. The third kappa shape index (κ3) is 2.17. The minimum Gasteiger partial charge on any atom is -0.272 e. The molecule has 0 unspecified atom stereocenters. The van der Waals surface area contributed by atoms with E-state index in [9.17, 15) is 0 Å². The van der Waals surface area contributed by atoms with Crippen molar-refractivity contribution in [2.24, 2.45) is 0 Å². The Kier molecular flexibility index (Phi) is 3.38. The summed E-state index contributed by atoms with van der Waals surface area (Å²) in [6.07, 6.45) is 3.56. The SMILES string of the molecule is CCn1cc(-c2nc(Cl)c(Cl)cc2Cl)cn1. The molecule has 2 heterocycles. The van der Waals surface area contributed by atoms with Crippen LogP contribution in [0.3, 0.4) is 0 Å². The van der Waals surface area contributed by atoms with Gasteiger partial charge in [-0.25, -0.2) is 4.98 Å². The molecule has 0 bridgehead atoms. The van der Waals surface area contributed by atoms with Gasteiger partial charge in [-0.3, -0.25) is 4.68 Å². The fourth-order valence-electron chi connectivity index (χ4n) is 1.31. The van der Waals surface area contributed by atoms with Crippen molar-refractivity contribution in [3.8, 4) is 11.3 Å². The van der Waals surface area contributed by atoms with Crippen molar-refractivity contribution in [2.45, 2.75) is 13.5 Å². The van der Waals surface area contributed by atoms with E-state index in [1.807, 2.05) is 13.1 Å². The number of nitrogens with zero attached hydrogens (tertiary/aromatic N) is 3. The Hall–Kier alpha value is -0.770. The Balaban J connectivity index is 2.51. The van der Waals surface area contributed by atoms with E-state index in [2.05, 4.69) is 10.1 Å². The molecule has 0 aromatic carbocycles. The Morgan fingerprint density at radius 1 is 1.25 bits per heavy atom. The Bertz CT molecular complexity index is 522. The monoisotopic (exact) mass is 275 g/mol. The van der Waals surface area contributed by atoms with Crippen molar-refractivity contribution in [3.05, 3.63) is 33.7 Å². The molecule has 0 atom stereocenters. The summed E-state index contributed by atoms with van der Waals surface area (Å²) in [5.41, 5.74) is 1.42. The molecule has 0 aliphatic heterocycles. The maximum Gasteiger partial charge on any atom is 0.148 e. The van der Waals surface area contributed by atoms with Crippen molar-refractivity contribution in [1.82, 2.24) is 14.8 Å². The van der Waals surface area contributed by atoms with Crippen LogP contribution in [-0.2, 0) is 6.54 Å². The van der Waals surface area contributed by atoms with Gasteiger partial charge in [-0.05, 0) is 13.0 Å². The molecule has 0 radical (unpaired) electrons. The van der Waals surface area contributed by atoms with Gasteiger partial charge in [0.15, 0.2) is 0 Å². The van der Waals surface area contributed by atoms with Gasteiger partial charge in [0, 0.05) is 18.3 Å². The molecule has 0 saturated carbocycles. The van der Waals surface area contributed by atoms with Crippen LogP contribution in [-0.4, -0.2) is 14.8 Å². The van der Waals surface area contributed by atoms with E-state index < -0.39 is 0 Å². The fourth-order valence-corrected chi connectivity index (χ4v) is 1.91. The normalized spacial score (nSPS) is 10.8. The molecule has 6 heteroatoms.